The highest BCUT2D eigenvalue weighted by atomic mass is 16.5. The van der Waals surface area contributed by atoms with Crippen LogP contribution in [-0.2, 0) is 9.53 Å². The standard InChI is InChI=1S/C21H33N3O2/c1-23(2)19-10-8-17(9-11-19)20(24-12-14-26-15-13-24)16-22-21(25)18-6-4-3-5-7-18/h8-11,18,20H,3-7,12-16H2,1-2H3,(H,22,25)/t20-/m1/s1. The number of amides is 1. The van der Waals surface area contributed by atoms with Crippen molar-refractivity contribution in [1.82, 2.24) is 10.2 Å². The van der Waals surface area contributed by atoms with Gasteiger partial charge in [-0.15, -0.1) is 0 Å². The Labute approximate surface area is 157 Å². The molecule has 0 aromatic heterocycles. The van der Waals surface area contributed by atoms with Crippen molar-refractivity contribution in [3.63, 3.8) is 0 Å². The molecule has 26 heavy (non-hydrogen) atoms. The number of hydrogen-bond acceptors (Lipinski definition) is 4. The van der Waals surface area contributed by atoms with Gasteiger partial charge < -0.3 is 15.0 Å². The number of carbonyl (C=O) groups is 1. The normalized spacial score (nSPS) is 20.5. The van der Waals surface area contributed by atoms with Crippen LogP contribution in [0.3, 0.4) is 0 Å². The molecule has 144 valence electrons. The Hall–Kier alpha value is -1.59. The summed E-state index contributed by atoms with van der Waals surface area (Å²) < 4.78 is 5.52. The Morgan fingerprint density at radius 2 is 1.81 bits per heavy atom. The van der Waals surface area contributed by atoms with Gasteiger partial charge in [0, 0.05) is 45.3 Å². The minimum atomic E-state index is 0.211. The molecule has 1 aromatic rings. The smallest absolute Gasteiger partial charge is 0.223 e. The molecular formula is C21H33N3O2. The van der Waals surface area contributed by atoms with E-state index in [9.17, 15) is 4.79 Å². The molecule has 5 nitrogen and oxygen atoms in total. The van der Waals surface area contributed by atoms with Gasteiger partial charge in [-0.2, -0.15) is 0 Å². The third-order valence-corrected chi connectivity index (χ3v) is 5.73. The van der Waals surface area contributed by atoms with E-state index in [1.165, 1.54) is 30.5 Å². The first-order valence-electron chi connectivity index (χ1n) is 10.0. The minimum absolute atomic E-state index is 0.211. The van der Waals surface area contributed by atoms with Gasteiger partial charge in [0.15, 0.2) is 0 Å². The molecule has 1 heterocycles. The fourth-order valence-electron chi connectivity index (χ4n) is 4.05. The maximum absolute atomic E-state index is 12.6. The van der Waals surface area contributed by atoms with Gasteiger partial charge in [-0.1, -0.05) is 31.4 Å². The molecule has 1 aliphatic heterocycles. The van der Waals surface area contributed by atoms with Crippen molar-refractivity contribution in [2.75, 3.05) is 51.8 Å². The number of benzene rings is 1. The van der Waals surface area contributed by atoms with Gasteiger partial charge in [-0.25, -0.2) is 0 Å². The number of ether oxygens (including phenoxy) is 1. The van der Waals surface area contributed by atoms with E-state index in [4.69, 9.17) is 4.74 Å². The number of nitrogens with zero attached hydrogens (tertiary/aromatic N) is 2. The number of morpholine rings is 1. The van der Waals surface area contributed by atoms with Gasteiger partial charge in [-0.05, 0) is 30.5 Å². The van der Waals surface area contributed by atoms with Crippen LogP contribution in [0.4, 0.5) is 5.69 Å². The number of rotatable bonds is 6. The van der Waals surface area contributed by atoms with E-state index in [-0.39, 0.29) is 17.9 Å². The summed E-state index contributed by atoms with van der Waals surface area (Å²) >= 11 is 0. The van der Waals surface area contributed by atoms with Crippen LogP contribution in [0, 0.1) is 5.92 Å². The predicted octanol–water partition coefficient (Wildman–Crippen LogP) is 2.82. The molecule has 0 spiro atoms. The first kappa shape index (κ1) is 19.2. The van der Waals surface area contributed by atoms with Crippen molar-refractivity contribution in [3.05, 3.63) is 29.8 Å². The Bertz CT molecular complexity index is 561. The minimum Gasteiger partial charge on any atom is -0.379 e. The molecule has 3 rings (SSSR count). The summed E-state index contributed by atoms with van der Waals surface area (Å²) in [4.78, 5) is 17.1. The van der Waals surface area contributed by atoms with E-state index < -0.39 is 0 Å². The van der Waals surface area contributed by atoms with Crippen LogP contribution in [0.5, 0.6) is 0 Å². The second-order valence-corrected chi connectivity index (χ2v) is 7.73. The van der Waals surface area contributed by atoms with E-state index in [1.807, 2.05) is 0 Å². The summed E-state index contributed by atoms with van der Waals surface area (Å²) in [5.74, 6) is 0.457. The zero-order valence-electron chi connectivity index (χ0n) is 16.2. The highest BCUT2D eigenvalue weighted by Crippen LogP contribution is 2.26. The van der Waals surface area contributed by atoms with Crippen LogP contribution in [0.15, 0.2) is 24.3 Å². The van der Waals surface area contributed by atoms with E-state index in [1.54, 1.807) is 0 Å². The molecule has 1 aromatic carbocycles. The molecule has 1 amide bonds. The third-order valence-electron chi connectivity index (χ3n) is 5.73. The van der Waals surface area contributed by atoms with Crippen molar-refractivity contribution in [2.45, 2.75) is 38.1 Å². The SMILES string of the molecule is CN(C)c1ccc([C@@H](CNC(=O)C2CCCCC2)N2CCOCC2)cc1. The Balaban J connectivity index is 1.67. The monoisotopic (exact) mass is 359 g/mol. The number of hydrogen-bond donors (Lipinski definition) is 1. The van der Waals surface area contributed by atoms with Crippen LogP contribution >= 0.6 is 0 Å². The summed E-state index contributed by atoms with van der Waals surface area (Å²) in [6.45, 7) is 4.04. The first-order chi connectivity index (χ1) is 12.6. The fourth-order valence-corrected chi connectivity index (χ4v) is 4.05. The second kappa shape index (κ2) is 9.38. The zero-order valence-corrected chi connectivity index (χ0v) is 16.2. The van der Waals surface area contributed by atoms with Gasteiger partial charge >= 0.3 is 0 Å². The van der Waals surface area contributed by atoms with Crippen LogP contribution in [0.25, 0.3) is 0 Å². The maximum atomic E-state index is 12.6. The Morgan fingerprint density at radius 3 is 2.42 bits per heavy atom. The van der Waals surface area contributed by atoms with E-state index in [2.05, 4.69) is 53.5 Å². The lowest BCUT2D eigenvalue weighted by molar-refractivity contribution is -0.126. The lowest BCUT2D eigenvalue weighted by Gasteiger charge is -2.35. The highest BCUT2D eigenvalue weighted by Gasteiger charge is 2.26. The molecule has 1 aliphatic carbocycles. The number of anilines is 1. The summed E-state index contributed by atoms with van der Waals surface area (Å²) in [5.41, 5.74) is 2.46. The molecule has 5 heteroatoms. The fraction of sp³-hybridized carbons (Fsp3) is 0.667. The summed E-state index contributed by atoms with van der Waals surface area (Å²) in [6.07, 6.45) is 5.75. The van der Waals surface area contributed by atoms with Crippen molar-refractivity contribution in [3.8, 4) is 0 Å². The average molecular weight is 360 g/mol. The predicted molar refractivity (Wildman–Crippen MR) is 105 cm³/mol. The quantitative estimate of drug-likeness (QED) is 0.848. The second-order valence-electron chi connectivity index (χ2n) is 7.73. The van der Waals surface area contributed by atoms with Crippen molar-refractivity contribution >= 4 is 11.6 Å². The molecule has 1 saturated heterocycles. The maximum Gasteiger partial charge on any atom is 0.223 e. The largest absolute Gasteiger partial charge is 0.379 e. The molecule has 0 bridgehead atoms. The Morgan fingerprint density at radius 1 is 1.15 bits per heavy atom. The molecule has 0 unspecified atom stereocenters. The van der Waals surface area contributed by atoms with E-state index >= 15 is 0 Å². The lowest BCUT2D eigenvalue weighted by Crippen LogP contribution is -2.44. The molecule has 1 saturated carbocycles. The zero-order chi connectivity index (χ0) is 18.4. The molecule has 1 N–H and O–H groups in total. The summed E-state index contributed by atoms with van der Waals surface area (Å²) in [5, 5.41) is 3.25. The van der Waals surface area contributed by atoms with Crippen LogP contribution < -0.4 is 10.2 Å². The summed E-state index contributed by atoms with van der Waals surface area (Å²) in [6, 6.07) is 8.92. The van der Waals surface area contributed by atoms with Gasteiger partial charge in [0.25, 0.3) is 0 Å². The molecule has 0 radical (unpaired) electrons. The average Bonchev–Trinajstić information content (AvgIpc) is 2.70. The van der Waals surface area contributed by atoms with E-state index in [0.29, 0.717) is 6.54 Å². The summed E-state index contributed by atoms with van der Waals surface area (Å²) in [7, 11) is 4.11. The third kappa shape index (κ3) is 4.98. The Kier molecular flexibility index (Phi) is 6.92. The van der Waals surface area contributed by atoms with Gasteiger partial charge in [0.1, 0.15) is 0 Å². The molecule has 1 atom stereocenters. The van der Waals surface area contributed by atoms with Crippen LogP contribution in [0.1, 0.15) is 43.7 Å². The van der Waals surface area contributed by atoms with Gasteiger partial charge in [0.05, 0.1) is 19.3 Å². The van der Waals surface area contributed by atoms with Gasteiger partial charge in [-0.3, -0.25) is 9.69 Å². The first-order valence-corrected chi connectivity index (χ1v) is 10.0. The van der Waals surface area contributed by atoms with Crippen LogP contribution in [0.2, 0.25) is 0 Å². The molecule has 2 fully saturated rings. The van der Waals surface area contributed by atoms with Crippen molar-refractivity contribution in [2.24, 2.45) is 5.92 Å². The molecule has 2 aliphatic rings. The number of nitrogens with one attached hydrogen (secondary N) is 1. The van der Waals surface area contributed by atoms with Crippen LogP contribution in [-0.4, -0.2) is 57.8 Å². The lowest BCUT2D eigenvalue weighted by atomic mass is 9.88. The van der Waals surface area contributed by atoms with Crippen molar-refractivity contribution < 1.29 is 9.53 Å². The molecular weight excluding hydrogens is 326 g/mol. The highest BCUT2D eigenvalue weighted by molar-refractivity contribution is 5.78. The topological polar surface area (TPSA) is 44.8 Å². The van der Waals surface area contributed by atoms with E-state index in [0.717, 1.165) is 39.1 Å². The van der Waals surface area contributed by atoms with Gasteiger partial charge in [0.2, 0.25) is 5.91 Å². The number of carbonyl (C=O) groups excluding carboxylic acids is 1. The van der Waals surface area contributed by atoms with Crippen molar-refractivity contribution in [1.29, 1.82) is 0 Å².